The van der Waals surface area contributed by atoms with Crippen molar-refractivity contribution in [3.8, 4) is 0 Å². The van der Waals surface area contributed by atoms with E-state index in [9.17, 15) is 22.7 Å². The molecule has 0 fully saturated rings. The van der Waals surface area contributed by atoms with Gasteiger partial charge in [-0.2, -0.15) is 0 Å². The van der Waals surface area contributed by atoms with E-state index in [0.29, 0.717) is 23.9 Å². The lowest BCUT2D eigenvalue weighted by atomic mass is 9.90. The molecule has 1 N–H and O–H groups in total. The SMILES string of the molecule is CC(C(=O)O)C1CCn2c1cc1c(S(C)(=O)=O)cc(F)cc12. The Bertz CT molecular complexity index is 885. The summed E-state index contributed by atoms with van der Waals surface area (Å²) >= 11 is 0. The number of sulfone groups is 1. The van der Waals surface area contributed by atoms with E-state index in [0.717, 1.165) is 18.0 Å². The van der Waals surface area contributed by atoms with E-state index in [1.165, 1.54) is 6.07 Å². The molecule has 2 heterocycles. The summed E-state index contributed by atoms with van der Waals surface area (Å²) < 4.78 is 39.4. The highest BCUT2D eigenvalue weighted by Gasteiger charge is 2.33. The van der Waals surface area contributed by atoms with Gasteiger partial charge >= 0.3 is 5.97 Å². The van der Waals surface area contributed by atoms with Crippen LogP contribution >= 0.6 is 0 Å². The van der Waals surface area contributed by atoms with E-state index >= 15 is 0 Å². The van der Waals surface area contributed by atoms with Crippen molar-refractivity contribution in [3.63, 3.8) is 0 Å². The predicted molar refractivity (Wildman–Crippen MR) is 79.2 cm³/mol. The van der Waals surface area contributed by atoms with Crippen LogP contribution < -0.4 is 0 Å². The van der Waals surface area contributed by atoms with E-state index < -0.39 is 27.5 Å². The number of aromatic nitrogens is 1. The highest BCUT2D eigenvalue weighted by Crippen LogP contribution is 2.40. The lowest BCUT2D eigenvalue weighted by Crippen LogP contribution is -2.17. The van der Waals surface area contributed by atoms with E-state index in [1.54, 1.807) is 13.0 Å². The summed E-state index contributed by atoms with van der Waals surface area (Å²) in [5.41, 5.74) is 1.27. The molecule has 2 aromatic rings. The van der Waals surface area contributed by atoms with Crippen molar-refractivity contribution < 1.29 is 22.7 Å². The van der Waals surface area contributed by atoms with Crippen LogP contribution in [0.25, 0.3) is 10.9 Å². The Morgan fingerprint density at radius 1 is 1.41 bits per heavy atom. The molecule has 1 aromatic heterocycles. The molecule has 0 radical (unpaired) electrons. The summed E-state index contributed by atoms with van der Waals surface area (Å²) in [5, 5.41) is 9.67. The standard InChI is InChI=1S/C15H16FNO4S/c1-8(15(18)19)10-3-4-17-12-5-9(16)6-14(22(2,20)21)11(12)7-13(10)17/h5-8,10H,3-4H2,1-2H3,(H,18,19). The molecule has 0 spiro atoms. The summed E-state index contributed by atoms with van der Waals surface area (Å²) in [6, 6.07) is 4.02. The number of fused-ring (bicyclic) bond motifs is 3. The highest BCUT2D eigenvalue weighted by atomic mass is 32.2. The van der Waals surface area contributed by atoms with Gasteiger partial charge in [-0.1, -0.05) is 6.92 Å². The van der Waals surface area contributed by atoms with Crippen molar-refractivity contribution in [2.45, 2.75) is 30.7 Å². The molecular weight excluding hydrogens is 309 g/mol. The molecule has 0 amide bonds. The van der Waals surface area contributed by atoms with Gasteiger partial charge in [0.05, 0.1) is 16.3 Å². The number of nitrogens with zero attached hydrogens (tertiary/aromatic N) is 1. The highest BCUT2D eigenvalue weighted by molar-refractivity contribution is 7.91. The molecule has 0 bridgehead atoms. The zero-order valence-electron chi connectivity index (χ0n) is 12.2. The molecule has 2 unspecified atom stereocenters. The van der Waals surface area contributed by atoms with Crippen molar-refractivity contribution in [2.75, 3.05) is 6.26 Å². The Balaban J connectivity index is 2.27. The van der Waals surface area contributed by atoms with Crippen molar-refractivity contribution in [2.24, 2.45) is 5.92 Å². The first kappa shape index (κ1) is 15.0. The number of halogens is 1. The molecule has 3 rings (SSSR count). The van der Waals surface area contributed by atoms with Crippen LogP contribution in [0.5, 0.6) is 0 Å². The maximum atomic E-state index is 13.8. The molecule has 1 aliphatic rings. The molecule has 5 nitrogen and oxygen atoms in total. The Hall–Kier alpha value is -1.89. The van der Waals surface area contributed by atoms with Crippen LogP contribution in [0.4, 0.5) is 4.39 Å². The average molecular weight is 325 g/mol. The van der Waals surface area contributed by atoms with E-state index in [-0.39, 0.29) is 10.8 Å². The lowest BCUT2D eigenvalue weighted by Gasteiger charge is -2.13. The van der Waals surface area contributed by atoms with Gasteiger partial charge in [0.2, 0.25) is 0 Å². The van der Waals surface area contributed by atoms with Crippen LogP contribution in [-0.4, -0.2) is 30.3 Å². The molecular formula is C15H16FNO4S. The number of benzene rings is 1. The van der Waals surface area contributed by atoms with Gasteiger partial charge < -0.3 is 9.67 Å². The quantitative estimate of drug-likeness (QED) is 0.940. The Morgan fingerprint density at radius 3 is 2.68 bits per heavy atom. The second-order valence-electron chi connectivity index (χ2n) is 5.85. The smallest absolute Gasteiger partial charge is 0.306 e. The number of carboxylic acids is 1. The summed E-state index contributed by atoms with van der Waals surface area (Å²) in [4.78, 5) is 11.2. The fraction of sp³-hybridized carbons (Fsp3) is 0.400. The first-order valence-corrected chi connectivity index (χ1v) is 8.85. The van der Waals surface area contributed by atoms with Gasteiger partial charge in [-0.3, -0.25) is 4.79 Å². The summed E-state index contributed by atoms with van der Waals surface area (Å²) in [5.74, 6) is -2.26. The van der Waals surface area contributed by atoms with Crippen molar-refractivity contribution in [1.82, 2.24) is 4.57 Å². The molecule has 1 aromatic carbocycles. The minimum atomic E-state index is -3.56. The Kier molecular flexibility index (Phi) is 3.28. The number of aliphatic carboxylic acids is 1. The van der Waals surface area contributed by atoms with Gasteiger partial charge in [0.25, 0.3) is 0 Å². The van der Waals surface area contributed by atoms with Crippen LogP contribution in [-0.2, 0) is 21.2 Å². The van der Waals surface area contributed by atoms with Gasteiger partial charge in [0.1, 0.15) is 5.82 Å². The number of aryl methyl sites for hydroxylation is 1. The van der Waals surface area contributed by atoms with Crippen LogP contribution in [0, 0.1) is 11.7 Å². The average Bonchev–Trinajstić information content (AvgIpc) is 2.95. The predicted octanol–water partition coefficient (Wildman–Crippen LogP) is 2.39. The van der Waals surface area contributed by atoms with Crippen LogP contribution in [0.1, 0.15) is 25.0 Å². The third-order valence-corrected chi connectivity index (χ3v) is 5.55. The Labute approximate surface area is 127 Å². The van der Waals surface area contributed by atoms with E-state index in [2.05, 4.69) is 0 Å². The summed E-state index contributed by atoms with van der Waals surface area (Å²) in [7, 11) is -3.56. The van der Waals surface area contributed by atoms with Gasteiger partial charge in [0, 0.05) is 29.8 Å². The Morgan fingerprint density at radius 2 is 2.09 bits per heavy atom. The maximum Gasteiger partial charge on any atom is 0.306 e. The third kappa shape index (κ3) is 2.20. The minimum Gasteiger partial charge on any atom is -0.481 e. The molecule has 118 valence electrons. The number of hydrogen-bond acceptors (Lipinski definition) is 3. The zero-order chi connectivity index (χ0) is 16.2. The third-order valence-electron chi connectivity index (χ3n) is 4.42. The van der Waals surface area contributed by atoms with E-state index in [4.69, 9.17) is 0 Å². The molecule has 2 atom stereocenters. The number of carboxylic acid groups (broad SMARTS) is 1. The number of hydrogen-bond donors (Lipinski definition) is 1. The second kappa shape index (κ2) is 4.81. The first-order chi connectivity index (χ1) is 10.2. The van der Waals surface area contributed by atoms with Gasteiger partial charge in [-0.05, 0) is 24.6 Å². The number of rotatable bonds is 3. The van der Waals surface area contributed by atoms with Crippen molar-refractivity contribution in [1.29, 1.82) is 0 Å². The fourth-order valence-corrected chi connectivity index (χ4v) is 4.16. The maximum absolute atomic E-state index is 13.8. The molecule has 0 saturated carbocycles. The minimum absolute atomic E-state index is 0.0499. The van der Waals surface area contributed by atoms with Crippen molar-refractivity contribution in [3.05, 3.63) is 29.7 Å². The first-order valence-electron chi connectivity index (χ1n) is 6.95. The van der Waals surface area contributed by atoms with Crippen LogP contribution in [0.15, 0.2) is 23.1 Å². The zero-order valence-corrected chi connectivity index (χ0v) is 13.0. The monoisotopic (exact) mass is 325 g/mol. The number of carbonyl (C=O) groups is 1. The second-order valence-corrected chi connectivity index (χ2v) is 7.84. The largest absolute Gasteiger partial charge is 0.481 e. The normalized spacial score (nSPS) is 19.3. The summed E-state index contributed by atoms with van der Waals surface area (Å²) in [6.45, 7) is 2.20. The summed E-state index contributed by atoms with van der Waals surface area (Å²) in [6.07, 6.45) is 1.70. The van der Waals surface area contributed by atoms with Gasteiger partial charge in [0.15, 0.2) is 9.84 Å². The van der Waals surface area contributed by atoms with Gasteiger partial charge in [-0.25, -0.2) is 12.8 Å². The van der Waals surface area contributed by atoms with Crippen LogP contribution in [0.3, 0.4) is 0 Å². The topological polar surface area (TPSA) is 76.4 Å². The molecule has 7 heteroatoms. The molecule has 0 aliphatic carbocycles. The lowest BCUT2D eigenvalue weighted by molar-refractivity contribution is -0.141. The van der Waals surface area contributed by atoms with Gasteiger partial charge in [-0.15, -0.1) is 0 Å². The van der Waals surface area contributed by atoms with E-state index in [1.807, 2.05) is 4.57 Å². The fourth-order valence-electron chi connectivity index (χ4n) is 3.27. The van der Waals surface area contributed by atoms with Crippen molar-refractivity contribution >= 4 is 26.7 Å². The van der Waals surface area contributed by atoms with Crippen LogP contribution in [0.2, 0.25) is 0 Å². The molecule has 0 saturated heterocycles. The molecule has 1 aliphatic heterocycles. The molecule has 22 heavy (non-hydrogen) atoms.